The molecule has 0 bridgehead atoms. The summed E-state index contributed by atoms with van der Waals surface area (Å²) < 4.78 is 5.27. The molecule has 15 heavy (non-hydrogen) atoms. The van der Waals surface area contributed by atoms with Crippen molar-refractivity contribution in [1.29, 1.82) is 0 Å². The van der Waals surface area contributed by atoms with Crippen LogP contribution in [-0.2, 0) is 0 Å². The Morgan fingerprint density at radius 1 is 1.60 bits per heavy atom. The van der Waals surface area contributed by atoms with Gasteiger partial charge in [-0.1, -0.05) is 13.8 Å². The van der Waals surface area contributed by atoms with Gasteiger partial charge >= 0.3 is 35.5 Å². The number of nitrogens with zero attached hydrogens (tertiary/aromatic N) is 1. The van der Waals surface area contributed by atoms with Gasteiger partial charge < -0.3 is 9.84 Å². The predicted molar refractivity (Wildman–Crippen MR) is 58.7 cm³/mol. The van der Waals surface area contributed by atoms with Gasteiger partial charge in [-0.25, -0.2) is 9.78 Å². The van der Waals surface area contributed by atoms with Crippen LogP contribution < -0.4 is 4.74 Å². The van der Waals surface area contributed by atoms with E-state index in [1.54, 1.807) is 6.07 Å². The van der Waals surface area contributed by atoms with Crippen LogP contribution in [0.4, 0.5) is 0 Å². The van der Waals surface area contributed by atoms with E-state index in [9.17, 15) is 4.79 Å². The summed E-state index contributed by atoms with van der Waals surface area (Å²) in [4.78, 5) is 14.6. The number of carbonyl (C=O) groups is 1. The maximum absolute atomic E-state index is 10.7. The molecule has 0 aliphatic rings. The first-order valence-electron chi connectivity index (χ1n) is 4.42. The molecule has 0 aromatic carbocycles. The summed E-state index contributed by atoms with van der Waals surface area (Å²) in [6, 6.07) is 3.05. The molecule has 0 unspecified atom stereocenters. The Labute approximate surface area is 111 Å². The molecule has 1 aromatic rings. The van der Waals surface area contributed by atoms with E-state index in [0.717, 1.165) is 0 Å². The standard InChI is InChI=1S/C10H13NO3.Na.H/c1-7(2)6-14-9-8(10(12)13)4-3-5-11-9;;/h3-5,7H,6H2,1-2H3,(H,12,13);;. The fraction of sp³-hybridized carbons (Fsp3) is 0.400. The molecule has 1 heterocycles. The molecule has 0 radical (unpaired) electrons. The zero-order chi connectivity index (χ0) is 10.6. The van der Waals surface area contributed by atoms with Crippen LogP contribution in [-0.4, -0.2) is 52.2 Å². The Balaban J connectivity index is 0.00000196. The van der Waals surface area contributed by atoms with E-state index in [1.807, 2.05) is 13.8 Å². The van der Waals surface area contributed by atoms with E-state index in [-0.39, 0.29) is 41.0 Å². The van der Waals surface area contributed by atoms with Crippen LogP contribution in [0, 0.1) is 5.92 Å². The number of pyridine rings is 1. The maximum atomic E-state index is 10.7. The molecule has 4 nitrogen and oxygen atoms in total. The SMILES string of the molecule is CC(C)COc1ncccc1C(=O)O.[NaH]. The van der Waals surface area contributed by atoms with Gasteiger partial charge in [0.25, 0.3) is 0 Å². The summed E-state index contributed by atoms with van der Waals surface area (Å²) in [5.41, 5.74) is 0.105. The average molecular weight is 219 g/mol. The van der Waals surface area contributed by atoms with Gasteiger partial charge in [-0.3, -0.25) is 0 Å². The third-order valence-corrected chi connectivity index (χ3v) is 1.55. The first-order valence-corrected chi connectivity index (χ1v) is 4.42. The van der Waals surface area contributed by atoms with Crippen LogP contribution >= 0.6 is 0 Å². The second-order valence-corrected chi connectivity index (χ2v) is 3.37. The van der Waals surface area contributed by atoms with Gasteiger partial charge in [0.1, 0.15) is 5.56 Å². The third-order valence-electron chi connectivity index (χ3n) is 1.55. The number of carboxylic acids is 1. The molecule has 0 saturated heterocycles. The van der Waals surface area contributed by atoms with E-state index >= 15 is 0 Å². The molecule has 0 atom stereocenters. The van der Waals surface area contributed by atoms with Gasteiger partial charge in [0.15, 0.2) is 0 Å². The van der Waals surface area contributed by atoms with E-state index in [4.69, 9.17) is 9.84 Å². The number of rotatable bonds is 4. The molecule has 1 rings (SSSR count). The molecule has 0 fully saturated rings. The van der Waals surface area contributed by atoms with Gasteiger partial charge in [-0.15, -0.1) is 0 Å². The summed E-state index contributed by atoms with van der Waals surface area (Å²) in [6.07, 6.45) is 1.52. The number of carboxylic acid groups (broad SMARTS) is 1. The van der Waals surface area contributed by atoms with Crippen molar-refractivity contribution >= 4 is 35.5 Å². The second-order valence-electron chi connectivity index (χ2n) is 3.37. The summed E-state index contributed by atoms with van der Waals surface area (Å²) in [5.74, 6) is -0.482. The summed E-state index contributed by atoms with van der Waals surface area (Å²) >= 11 is 0. The fourth-order valence-electron chi connectivity index (χ4n) is 0.914. The van der Waals surface area contributed by atoms with Crippen LogP contribution in [0.1, 0.15) is 24.2 Å². The zero-order valence-corrected chi connectivity index (χ0v) is 8.23. The van der Waals surface area contributed by atoms with Crippen LogP contribution in [0.25, 0.3) is 0 Å². The van der Waals surface area contributed by atoms with Crippen molar-refractivity contribution in [3.05, 3.63) is 23.9 Å². The molecule has 0 saturated carbocycles. The summed E-state index contributed by atoms with van der Waals surface area (Å²) in [6.45, 7) is 4.45. The van der Waals surface area contributed by atoms with E-state index in [1.165, 1.54) is 12.3 Å². The molecule has 0 spiro atoms. The molecule has 1 N–H and O–H groups in total. The van der Waals surface area contributed by atoms with E-state index in [0.29, 0.717) is 12.5 Å². The molecular formula is C10H14NNaO3. The van der Waals surface area contributed by atoms with Gasteiger partial charge in [0, 0.05) is 6.20 Å². The summed E-state index contributed by atoms with van der Waals surface area (Å²) in [5, 5.41) is 8.81. The fourth-order valence-corrected chi connectivity index (χ4v) is 0.914. The Morgan fingerprint density at radius 3 is 2.80 bits per heavy atom. The van der Waals surface area contributed by atoms with Gasteiger partial charge in [0.2, 0.25) is 5.88 Å². The first kappa shape index (κ1) is 14.4. The Morgan fingerprint density at radius 2 is 2.27 bits per heavy atom. The van der Waals surface area contributed by atoms with Crippen LogP contribution in [0.15, 0.2) is 18.3 Å². The molecule has 78 valence electrons. The molecule has 0 amide bonds. The number of hydrogen-bond donors (Lipinski definition) is 1. The van der Waals surface area contributed by atoms with Crippen LogP contribution in [0.2, 0.25) is 0 Å². The molecule has 0 aliphatic carbocycles. The Kier molecular flexibility index (Phi) is 6.56. The van der Waals surface area contributed by atoms with Crippen molar-refractivity contribution in [3.63, 3.8) is 0 Å². The van der Waals surface area contributed by atoms with Crippen LogP contribution in [0.5, 0.6) is 5.88 Å². The Hall–Kier alpha value is -0.580. The van der Waals surface area contributed by atoms with Crippen molar-refractivity contribution in [2.45, 2.75) is 13.8 Å². The van der Waals surface area contributed by atoms with E-state index in [2.05, 4.69) is 4.98 Å². The van der Waals surface area contributed by atoms with Gasteiger partial charge in [0.05, 0.1) is 6.61 Å². The summed E-state index contributed by atoms with van der Waals surface area (Å²) in [7, 11) is 0. The zero-order valence-electron chi connectivity index (χ0n) is 8.23. The van der Waals surface area contributed by atoms with Gasteiger partial charge in [-0.05, 0) is 18.1 Å². The minimum atomic E-state index is -1.02. The normalized spacial score (nSPS) is 9.53. The van der Waals surface area contributed by atoms with E-state index < -0.39 is 5.97 Å². The Bertz CT molecular complexity index is 328. The number of aromatic nitrogens is 1. The van der Waals surface area contributed by atoms with Crippen molar-refractivity contribution in [2.24, 2.45) is 5.92 Å². The monoisotopic (exact) mass is 219 g/mol. The van der Waals surface area contributed by atoms with Crippen molar-refractivity contribution in [3.8, 4) is 5.88 Å². The van der Waals surface area contributed by atoms with Crippen LogP contribution in [0.3, 0.4) is 0 Å². The topological polar surface area (TPSA) is 59.4 Å². The predicted octanol–water partition coefficient (Wildman–Crippen LogP) is 1.17. The number of hydrogen-bond acceptors (Lipinski definition) is 3. The minimum absolute atomic E-state index is 0. The second kappa shape index (κ2) is 6.82. The quantitative estimate of drug-likeness (QED) is 0.772. The van der Waals surface area contributed by atoms with Gasteiger partial charge in [-0.2, -0.15) is 0 Å². The van der Waals surface area contributed by atoms with Crippen molar-refractivity contribution < 1.29 is 14.6 Å². The van der Waals surface area contributed by atoms with Crippen molar-refractivity contribution in [2.75, 3.05) is 6.61 Å². The molecular weight excluding hydrogens is 205 g/mol. The first-order chi connectivity index (χ1) is 6.61. The third kappa shape index (κ3) is 4.64. The number of ether oxygens (including phenoxy) is 1. The molecule has 5 heteroatoms. The number of aromatic carboxylic acids is 1. The molecule has 0 aliphatic heterocycles. The van der Waals surface area contributed by atoms with Crippen molar-refractivity contribution in [1.82, 2.24) is 4.98 Å². The molecule has 1 aromatic heterocycles. The average Bonchev–Trinajstić information content (AvgIpc) is 2.15.